The Balaban J connectivity index is 1.53. The van der Waals surface area contributed by atoms with E-state index in [4.69, 9.17) is 16.3 Å². The predicted octanol–water partition coefficient (Wildman–Crippen LogP) is 3.51. The fourth-order valence-corrected chi connectivity index (χ4v) is 4.12. The van der Waals surface area contributed by atoms with Crippen molar-refractivity contribution in [1.82, 2.24) is 9.88 Å². The van der Waals surface area contributed by atoms with Crippen molar-refractivity contribution in [3.8, 4) is 0 Å². The molecule has 0 aliphatic carbocycles. The first-order valence-electron chi connectivity index (χ1n) is 8.93. The van der Waals surface area contributed by atoms with E-state index in [1.54, 1.807) is 30.3 Å². The van der Waals surface area contributed by atoms with Gasteiger partial charge in [-0.2, -0.15) is 0 Å². The molecular weight excluding hydrogens is 350 g/mol. The molecule has 0 saturated carbocycles. The SMILES string of the molecule is COCC1CCCN1Cc1cncc(N2Cc3cc(Cl)ccc3C2=O)c1. The number of likely N-dealkylation sites (tertiary alicyclic amines) is 1. The van der Waals surface area contributed by atoms with Gasteiger partial charge in [0.15, 0.2) is 0 Å². The van der Waals surface area contributed by atoms with E-state index >= 15 is 0 Å². The van der Waals surface area contributed by atoms with Crippen LogP contribution >= 0.6 is 11.6 Å². The van der Waals surface area contributed by atoms with Crippen molar-refractivity contribution in [3.05, 3.63) is 58.4 Å². The summed E-state index contributed by atoms with van der Waals surface area (Å²) >= 11 is 6.07. The molecule has 1 saturated heterocycles. The molecule has 0 N–H and O–H groups in total. The van der Waals surface area contributed by atoms with Crippen molar-refractivity contribution in [2.24, 2.45) is 0 Å². The lowest BCUT2D eigenvalue weighted by molar-refractivity contribution is 0.0996. The first kappa shape index (κ1) is 17.5. The number of rotatable bonds is 5. The summed E-state index contributed by atoms with van der Waals surface area (Å²) in [7, 11) is 1.75. The molecule has 1 unspecified atom stereocenters. The number of hydrogen-bond acceptors (Lipinski definition) is 4. The first-order valence-corrected chi connectivity index (χ1v) is 9.30. The number of carbonyl (C=O) groups is 1. The van der Waals surface area contributed by atoms with Gasteiger partial charge < -0.3 is 9.64 Å². The van der Waals surface area contributed by atoms with Gasteiger partial charge in [-0.15, -0.1) is 0 Å². The molecule has 0 radical (unpaired) electrons. The van der Waals surface area contributed by atoms with Crippen LogP contribution in [0, 0.1) is 0 Å². The van der Waals surface area contributed by atoms with Crippen molar-refractivity contribution >= 4 is 23.2 Å². The minimum atomic E-state index is 0.00838. The lowest BCUT2D eigenvalue weighted by atomic mass is 10.1. The van der Waals surface area contributed by atoms with Gasteiger partial charge >= 0.3 is 0 Å². The number of ether oxygens (including phenoxy) is 1. The highest BCUT2D eigenvalue weighted by Gasteiger charge is 2.29. The zero-order valence-corrected chi connectivity index (χ0v) is 15.6. The number of nitrogens with zero attached hydrogens (tertiary/aromatic N) is 3. The first-order chi connectivity index (χ1) is 12.7. The lowest BCUT2D eigenvalue weighted by Gasteiger charge is -2.24. The maximum absolute atomic E-state index is 12.7. The fraction of sp³-hybridized carbons (Fsp3) is 0.400. The van der Waals surface area contributed by atoms with Crippen LogP contribution in [0.1, 0.15) is 34.3 Å². The molecule has 1 aromatic carbocycles. The topological polar surface area (TPSA) is 45.7 Å². The van der Waals surface area contributed by atoms with E-state index in [-0.39, 0.29) is 5.91 Å². The van der Waals surface area contributed by atoms with Gasteiger partial charge in [-0.3, -0.25) is 14.7 Å². The van der Waals surface area contributed by atoms with Gasteiger partial charge in [0.05, 0.1) is 25.0 Å². The van der Waals surface area contributed by atoms with E-state index in [2.05, 4.69) is 16.0 Å². The Morgan fingerprint density at radius 1 is 1.31 bits per heavy atom. The van der Waals surface area contributed by atoms with Gasteiger partial charge in [0, 0.05) is 36.5 Å². The van der Waals surface area contributed by atoms with E-state index in [1.165, 1.54) is 12.8 Å². The number of fused-ring (bicyclic) bond motifs is 1. The van der Waals surface area contributed by atoms with E-state index in [1.807, 2.05) is 12.3 Å². The molecule has 0 bridgehead atoms. The van der Waals surface area contributed by atoms with Crippen molar-refractivity contribution in [3.63, 3.8) is 0 Å². The number of amides is 1. The third kappa shape index (κ3) is 3.34. The second kappa shape index (κ2) is 7.35. The van der Waals surface area contributed by atoms with Gasteiger partial charge in [0.25, 0.3) is 5.91 Å². The van der Waals surface area contributed by atoms with Gasteiger partial charge in [-0.25, -0.2) is 0 Å². The molecule has 6 heteroatoms. The summed E-state index contributed by atoms with van der Waals surface area (Å²) in [6, 6.07) is 7.96. The summed E-state index contributed by atoms with van der Waals surface area (Å²) in [5, 5.41) is 0.656. The molecule has 26 heavy (non-hydrogen) atoms. The van der Waals surface area contributed by atoms with Crippen LogP contribution in [0.4, 0.5) is 5.69 Å². The molecule has 1 atom stereocenters. The average molecular weight is 372 g/mol. The number of pyridine rings is 1. The molecule has 4 rings (SSSR count). The van der Waals surface area contributed by atoms with Gasteiger partial charge in [-0.1, -0.05) is 11.6 Å². The Bertz CT molecular complexity index is 826. The highest BCUT2D eigenvalue weighted by Crippen LogP contribution is 2.30. The van der Waals surface area contributed by atoms with Crippen LogP contribution in [0.25, 0.3) is 0 Å². The second-order valence-electron chi connectivity index (χ2n) is 6.97. The maximum atomic E-state index is 12.7. The molecule has 5 nitrogen and oxygen atoms in total. The third-order valence-corrected chi connectivity index (χ3v) is 5.44. The zero-order chi connectivity index (χ0) is 18.1. The summed E-state index contributed by atoms with van der Waals surface area (Å²) in [6.45, 7) is 3.20. The highest BCUT2D eigenvalue weighted by atomic mass is 35.5. The smallest absolute Gasteiger partial charge is 0.258 e. The molecule has 3 heterocycles. The molecule has 2 aliphatic heterocycles. The summed E-state index contributed by atoms with van der Waals surface area (Å²) < 4.78 is 5.34. The molecule has 0 spiro atoms. The molecule has 1 amide bonds. The number of methoxy groups -OCH3 is 1. The lowest BCUT2D eigenvalue weighted by Crippen LogP contribution is -2.32. The number of anilines is 1. The van der Waals surface area contributed by atoms with Crippen molar-refractivity contribution in [2.45, 2.75) is 32.0 Å². The van der Waals surface area contributed by atoms with E-state index in [9.17, 15) is 4.79 Å². The second-order valence-corrected chi connectivity index (χ2v) is 7.40. The van der Waals surface area contributed by atoms with Crippen molar-refractivity contribution < 1.29 is 9.53 Å². The Labute approximate surface area is 158 Å². The van der Waals surface area contributed by atoms with Crippen molar-refractivity contribution in [2.75, 3.05) is 25.2 Å². The summed E-state index contributed by atoms with van der Waals surface area (Å²) in [5.74, 6) is 0.00838. The standard InChI is InChI=1S/C20H22ClN3O2/c1-26-13-17-3-2-6-23(17)11-14-7-18(10-22-9-14)24-12-15-8-16(21)4-5-19(15)20(24)25/h4-5,7-10,17H,2-3,6,11-13H2,1H3. The number of benzene rings is 1. The van der Waals surface area contributed by atoms with Crippen LogP contribution in [-0.4, -0.2) is 42.1 Å². The quantitative estimate of drug-likeness (QED) is 0.806. The molecule has 2 aromatic rings. The summed E-state index contributed by atoms with van der Waals surface area (Å²) in [6.07, 6.45) is 6.01. The zero-order valence-electron chi connectivity index (χ0n) is 14.8. The molecule has 2 aliphatic rings. The third-order valence-electron chi connectivity index (χ3n) is 5.21. The maximum Gasteiger partial charge on any atom is 0.258 e. The average Bonchev–Trinajstić information content (AvgIpc) is 3.20. The number of aromatic nitrogens is 1. The van der Waals surface area contributed by atoms with Crippen LogP contribution in [0.5, 0.6) is 0 Å². The number of halogens is 1. The molecular formula is C20H22ClN3O2. The molecule has 1 aromatic heterocycles. The van der Waals surface area contributed by atoms with Crippen LogP contribution in [0.3, 0.4) is 0 Å². The monoisotopic (exact) mass is 371 g/mol. The van der Waals surface area contributed by atoms with Crippen molar-refractivity contribution in [1.29, 1.82) is 0 Å². The normalized spacial score (nSPS) is 20.0. The minimum Gasteiger partial charge on any atom is -0.383 e. The minimum absolute atomic E-state index is 0.00838. The fourth-order valence-electron chi connectivity index (χ4n) is 3.92. The Morgan fingerprint density at radius 2 is 2.19 bits per heavy atom. The van der Waals surface area contributed by atoms with Crippen LogP contribution < -0.4 is 4.90 Å². The van der Waals surface area contributed by atoms with Crippen LogP contribution in [0.2, 0.25) is 5.02 Å². The Morgan fingerprint density at radius 3 is 3.04 bits per heavy atom. The van der Waals surface area contributed by atoms with E-state index < -0.39 is 0 Å². The van der Waals surface area contributed by atoms with Gasteiger partial charge in [-0.05, 0) is 54.8 Å². The number of carbonyl (C=O) groups excluding carboxylic acids is 1. The summed E-state index contributed by atoms with van der Waals surface area (Å²) in [4.78, 5) is 21.3. The molecule has 1 fully saturated rings. The van der Waals surface area contributed by atoms with E-state index in [0.717, 1.165) is 42.1 Å². The number of hydrogen-bond donors (Lipinski definition) is 0. The van der Waals surface area contributed by atoms with Gasteiger partial charge in [0.1, 0.15) is 0 Å². The van der Waals surface area contributed by atoms with Gasteiger partial charge in [0.2, 0.25) is 0 Å². The van der Waals surface area contributed by atoms with Crippen LogP contribution in [-0.2, 0) is 17.8 Å². The Hall–Kier alpha value is -1.95. The highest BCUT2D eigenvalue weighted by molar-refractivity contribution is 6.31. The Kier molecular flexibility index (Phi) is 4.94. The predicted molar refractivity (Wildman–Crippen MR) is 102 cm³/mol. The summed E-state index contributed by atoms with van der Waals surface area (Å²) in [5.41, 5.74) is 3.64. The largest absolute Gasteiger partial charge is 0.383 e. The van der Waals surface area contributed by atoms with E-state index in [0.29, 0.717) is 17.6 Å². The molecule has 136 valence electrons. The van der Waals surface area contributed by atoms with Crippen LogP contribution in [0.15, 0.2) is 36.7 Å².